The lowest BCUT2D eigenvalue weighted by Crippen LogP contribution is -2.46. The van der Waals surface area contributed by atoms with E-state index in [1.54, 1.807) is 36.1 Å². The van der Waals surface area contributed by atoms with Gasteiger partial charge in [-0.3, -0.25) is 4.68 Å². The van der Waals surface area contributed by atoms with Gasteiger partial charge in [-0.25, -0.2) is 9.97 Å². The molecule has 3 aromatic rings. The first-order chi connectivity index (χ1) is 18.2. The van der Waals surface area contributed by atoms with Crippen molar-refractivity contribution in [3.63, 3.8) is 0 Å². The molecular formula is C25H31F3N6O3S. The first kappa shape index (κ1) is 27.8. The Bertz CT molecular complexity index is 1190. The van der Waals surface area contributed by atoms with Gasteiger partial charge in [0.05, 0.1) is 18.9 Å². The smallest absolute Gasteiger partial charge is 0.493 e. The predicted molar refractivity (Wildman–Crippen MR) is 136 cm³/mol. The van der Waals surface area contributed by atoms with Crippen LogP contribution >= 0.6 is 11.8 Å². The van der Waals surface area contributed by atoms with Gasteiger partial charge >= 0.3 is 6.36 Å². The van der Waals surface area contributed by atoms with Crippen LogP contribution in [0.15, 0.2) is 59.6 Å². The minimum absolute atomic E-state index is 0.0404. The number of aromatic nitrogens is 5. The molecule has 38 heavy (non-hydrogen) atoms. The lowest BCUT2D eigenvalue weighted by molar-refractivity contribution is -0.274. The Morgan fingerprint density at radius 1 is 1.21 bits per heavy atom. The summed E-state index contributed by atoms with van der Waals surface area (Å²) in [7, 11) is 3.53. The van der Waals surface area contributed by atoms with Crippen LogP contribution in [0.1, 0.15) is 26.2 Å². The van der Waals surface area contributed by atoms with Crippen LogP contribution in [0.3, 0.4) is 0 Å². The SMILES string of the molecule is CON=C1[C@@H](Cn2cncn2)[C@H](COc2ccc(OC(F)(F)F)cc2)CC[C@@]1(C)CCSc1nccn1C. The van der Waals surface area contributed by atoms with Gasteiger partial charge in [0, 0.05) is 42.4 Å². The number of hydrogen-bond donors (Lipinski definition) is 0. The van der Waals surface area contributed by atoms with Crippen LogP contribution in [0.2, 0.25) is 0 Å². The summed E-state index contributed by atoms with van der Waals surface area (Å²) in [5.41, 5.74) is 0.747. The second-order valence-corrected chi connectivity index (χ2v) is 10.6. The normalized spacial score (nSPS) is 22.9. The average Bonchev–Trinajstić information content (AvgIpc) is 3.53. The molecule has 0 N–H and O–H groups in total. The molecular weight excluding hydrogens is 521 g/mol. The molecule has 206 valence electrons. The van der Waals surface area contributed by atoms with Crippen molar-refractivity contribution in [1.29, 1.82) is 0 Å². The summed E-state index contributed by atoms with van der Waals surface area (Å²) < 4.78 is 51.2. The van der Waals surface area contributed by atoms with Crippen LogP contribution in [-0.4, -0.2) is 55.9 Å². The van der Waals surface area contributed by atoms with Gasteiger partial charge in [-0.15, -0.1) is 13.2 Å². The molecule has 1 aliphatic rings. The van der Waals surface area contributed by atoms with E-state index in [9.17, 15) is 13.2 Å². The van der Waals surface area contributed by atoms with Crippen molar-refractivity contribution in [3.8, 4) is 11.5 Å². The van der Waals surface area contributed by atoms with Gasteiger partial charge in [-0.05, 0) is 43.5 Å². The third-order valence-electron chi connectivity index (χ3n) is 6.83. The zero-order valence-corrected chi connectivity index (χ0v) is 22.3. The minimum atomic E-state index is -4.74. The summed E-state index contributed by atoms with van der Waals surface area (Å²) >= 11 is 1.71. The number of hydrogen-bond acceptors (Lipinski definition) is 8. The largest absolute Gasteiger partial charge is 0.573 e. The maximum absolute atomic E-state index is 12.5. The number of alkyl halides is 3. The van der Waals surface area contributed by atoms with Gasteiger partial charge in [0.15, 0.2) is 5.16 Å². The molecule has 9 nitrogen and oxygen atoms in total. The van der Waals surface area contributed by atoms with E-state index in [0.29, 0.717) is 18.9 Å². The number of nitrogens with zero attached hydrogens (tertiary/aromatic N) is 6. The molecule has 0 amide bonds. The minimum Gasteiger partial charge on any atom is -0.493 e. The second kappa shape index (κ2) is 12.1. The molecule has 0 bridgehead atoms. The number of oxime groups is 1. The highest BCUT2D eigenvalue weighted by atomic mass is 32.2. The Balaban J connectivity index is 1.47. The highest BCUT2D eigenvalue weighted by molar-refractivity contribution is 7.99. The Morgan fingerprint density at radius 3 is 2.61 bits per heavy atom. The van der Waals surface area contributed by atoms with E-state index in [4.69, 9.17) is 9.57 Å². The van der Waals surface area contributed by atoms with Crippen molar-refractivity contribution >= 4 is 17.5 Å². The fraction of sp³-hybridized carbons (Fsp3) is 0.520. The van der Waals surface area contributed by atoms with Crippen LogP contribution in [0.4, 0.5) is 13.2 Å². The molecule has 2 heterocycles. The van der Waals surface area contributed by atoms with Crippen LogP contribution < -0.4 is 9.47 Å². The van der Waals surface area contributed by atoms with Crippen LogP contribution in [0.25, 0.3) is 0 Å². The maximum atomic E-state index is 12.5. The number of halogens is 3. The fourth-order valence-electron chi connectivity index (χ4n) is 4.80. The summed E-state index contributed by atoms with van der Waals surface area (Å²) in [6.45, 7) is 3.13. The summed E-state index contributed by atoms with van der Waals surface area (Å²) in [4.78, 5) is 13.8. The molecule has 3 atom stereocenters. The Hall–Kier alpha value is -3.22. The summed E-state index contributed by atoms with van der Waals surface area (Å²) in [5.74, 6) is 1.08. The van der Waals surface area contributed by atoms with Crippen molar-refractivity contribution in [3.05, 3.63) is 49.3 Å². The first-order valence-corrected chi connectivity index (χ1v) is 13.2. The van der Waals surface area contributed by atoms with Gasteiger partial charge in [0.1, 0.15) is 31.3 Å². The van der Waals surface area contributed by atoms with Gasteiger partial charge in [-0.1, -0.05) is 23.8 Å². The van der Waals surface area contributed by atoms with E-state index < -0.39 is 6.36 Å². The molecule has 1 saturated carbocycles. The molecule has 1 aliphatic carbocycles. The van der Waals surface area contributed by atoms with E-state index in [2.05, 4.69) is 31.9 Å². The van der Waals surface area contributed by atoms with Gasteiger partial charge in [0.25, 0.3) is 0 Å². The molecule has 0 radical (unpaired) electrons. The molecule has 1 fully saturated rings. The van der Waals surface area contributed by atoms with Crippen molar-refractivity contribution in [2.45, 2.75) is 44.2 Å². The zero-order valence-electron chi connectivity index (χ0n) is 21.5. The highest BCUT2D eigenvalue weighted by Crippen LogP contribution is 2.44. The molecule has 13 heteroatoms. The average molecular weight is 553 g/mol. The Labute approximate surface area is 223 Å². The third-order valence-corrected chi connectivity index (χ3v) is 7.89. The number of aryl methyl sites for hydroxylation is 1. The van der Waals surface area contributed by atoms with Crippen molar-refractivity contribution in [1.82, 2.24) is 24.3 Å². The summed E-state index contributed by atoms with van der Waals surface area (Å²) in [5, 5.41) is 9.79. The second-order valence-electron chi connectivity index (χ2n) is 9.49. The molecule has 0 unspecified atom stereocenters. The monoisotopic (exact) mass is 552 g/mol. The third kappa shape index (κ3) is 7.21. The quantitative estimate of drug-likeness (QED) is 0.238. The van der Waals surface area contributed by atoms with Gasteiger partial charge in [0.2, 0.25) is 0 Å². The number of benzene rings is 1. The van der Waals surface area contributed by atoms with Crippen molar-refractivity contribution in [2.24, 2.45) is 29.5 Å². The van der Waals surface area contributed by atoms with Crippen LogP contribution in [-0.2, 0) is 18.4 Å². The Morgan fingerprint density at radius 2 is 1.97 bits per heavy atom. The van der Waals surface area contributed by atoms with E-state index in [-0.39, 0.29) is 23.0 Å². The summed E-state index contributed by atoms with van der Waals surface area (Å²) in [6, 6.07) is 5.42. The van der Waals surface area contributed by atoms with E-state index in [0.717, 1.165) is 35.9 Å². The molecule has 2 aromatic heterocycles. The number of ether oxygens (including phenoxy) is 2. The maximum Gasteiger partial charge on any atom is 0.573 e. The van der Waals surface area contributed by atoms with Crippen LogP contribution in [0, 0.1) is 17.3 Å². The lowest BCUT2D eigenvalue weighted by atomic mass is 9.63. The summed E-state index contributed by atoms with van der Waals surface area (Å²) in [6.07, 6.45) is 4.79. The number of thioether (sulfide) groups is 1. The molecule has 0 spiro atoms. The fourth-order valence-corrected chi connectivity index (χ4v) is 5.93. The van der Waals surface area contributed by atoms with E-state index in [1.807, 2.05) is 17.8 Å². The van der Waals surface area contributed by atoms with Crippen LogP contribution in [0.5, 0.6) is 11.5 Å². The number of imidazole rings is 1. The lowest BCUT2D eigenvalue weighted by Gasteiger charge is -2.43. The molecule has 1 aromatic carbocycles. The standard InChI is InChI=1S/C25H31F3N6O3S/c1-24(10-13-38-23-30-11-12-33(23)2)9-8-18(21(22(24)32-35-3)14-34-17-29-16-31-34)15-36-19-4-6-20(7-5-19)37-25(26,27)28/h4-7,11-12,16-18,21H,8-10,13-15H2,1-3H3/t18-,21-,24-/m0/s1. The molecule has 4 rings (SSSR count). The van der Waals surface area contributed by atoms with Gasteiger partial charge in [-0.2, -0.15) is 5.10 Å². The highest BCUT2D eigenvalue weighted by Gasteiger charge is 2.44. The van der Waals surface area contributed by atoms with E-state index in [1.165, 1.54) is 30.6 Å². The molecule has 0 aliphatic heterocycles. The van der Waals surface area contributed by atoms with Crippen molar-refractivity contribution < 1.29 is 27.5 Å². The van der Waals surface area contributed by atoms with E-state index >= 15 is 0 Å². The Kier molecular flexibility index (Phi) is 8.85. The van der Waals surface area contributed by atoms with Gasteiger partial charge < -0.3 is 18.9 Å². The predicted octanol–water partition coefficient (Wildman–Crippen LogP) is 5.21. The molecule has 0 saturated heterocycles. The number of rotatable bonds is 11. The first-order valence-electron chi connectivity index (χ1n) is 12.2. The zero-order chi connectivity index (χ0) is 27.2. The topological polar surface area (TPSA) is 88.6 Å². The van der Waals surface area contributed by atoms with Crippen molar-refractivity contribution in [2.75, 3.05) is 19.5 Å².